The van der Waals surface area contributed by atoms with Gasteiger partial charge in [-0.2, -0.15) is 5.26 Å². The van der Waals surface area contributed by atoms with Crippen LogP contribution in [0.4, 0.5) is 17.3 Å². The molecule has 1 heterocycles. The van der Waals surface area contributed by atoms with Crippen molar-refractivity contribution in [3.8, 4) is 6.07 Å². The molecule has 0 unspecified atom stereocenters. The number of anilines is 3. The molecule has 3 N–H and O–H groups in total. The topological polar surface area (TPSA) is 87.6 Å². The third kappa shape index (κ3) is 2.16. The summed E-state index contributed by atoms with van der Waals surface area (Å²) >= 11 is 0. The fourth-order valence-electron chi connectivity index (χ4n) is 1.49. The maximum atomic E-state index is 9.09. The average molecular weight is 225 g/mol. The number of nitrogen functional groups attached to an aromatic ring is 1. The SMILES string of the molecule is Cc1cccc(Nc2nccnc2N)c1C#N. The summed E-state index contributed by atoms with van der Waals surface area (Å²) in [6.45, 7) is 1.88. The third-order valence-corrected chi connectivity index (χ3v) is 2.36. The minimum absolute atomic E-state index is 0.304. The van der Waals surface area contributed by atoms with Crippen LogP contribution in [-0.4, -0.2) is 9.97 Å². The zero-order chi connectivity index (χ0) is 12.3. The maximum absolute atomic E-state index is 9.09. The van der Waals surface area contributed by atoms with Gasteiger partial charge < -0.3 is 11.1 Å². The first-order valence-electron chi connectivity index (χ1n) is 5.05. The van der Waals surface area contributed by atoms with E-state index >= 15 is 0 Å². The lowest BCUT2D eigenvalue weighted by molar-refractivity contribution is 1.20. The van der Waals surface area contributed by atoms with E-state index in [1.165, 1.54) is 6.20 Å². The molecule has 84 valence electrons. The van der Waals surface area contributed by atoms with Crippen LogP contribution in [0.5, 0.6) is 0 Å². The highest BCUT2D eigenvalue weighted by Gasteiger charge is 2.07. The van der Waals surface area contributed by atoms with Gasteiger partial charge in [-0.15, -0.1) is 0 Å². The van der Waals surface area contributed by atoms with Crippen molar-refractivity contribution < 1.29 is 0 Å². The molecular formula is C12H11N5. The molecule has 0 spiro atoms. The van der Waals surface area contributed by atoms with Gasteiger partial charge in [-0.3, -0.25) is 0 Å². The number of nitrogens with two attached hydrogens (primary N) is 1. The number of hydrogen-bond donors (Lipinski definition) is 2. The molecule has 0 bridgehead atoms. The van der Waals surface area contributed by atoms with E-state index in [0.29, 0.717) is 22.9 Å². The minimum atomic E-state index is 0.304. The van der Waals surface area contributed by atoms with Crippen LogP contribution in [0.2, 0.25) is 0 Å². The van der Waals surface area contributed by atoms with Gasteiger partial charge in [0.1, 0.15) is 6.07 Å². The Morgan fingerprint density at radius 3 is 2.76 bits per heavy atom. The lowest BCUT2D eigenvalue weighted by Crippen LogP contribution is -2.02. The highest BCUT2D eigenvalue weighted by Crippen LogP contribution is 2.23. The van der Waals surface area contributed by atoms with E-state index in [1.54, 1.807) is 12.3 Å². The lowest BCUT2D eigenvalue weighted by atomic mass is 10.1. The molecule has 0 fully saturated rings. The summed E-state index contributed by atoms with van der Waals surface area (Å²) in [5.41, 5.74) is 7.84. The van der Waals surface area contributed by atoms with E-state index in [-0.39, 0.29) is 0 Å². The van der Waals surface area contributed by atoms with E-state index in [9.17, 15) is 0 Å². The molecule has 0 saturated carbocycles. The number of nitrogens with zero attached hydrogens (tertiary/aromatic N) is 3. The third-order valence-electron chi connectivity index (χ3n) is 2.36. The maximum Gasteiger partial charge on any atom is 0.173 e. The molecule has 0 atom stereocenters. The number of rotatable bonds is 2. The zero-order valence-electron chi connectivity index (χ0n) is 9.31. The highest BCUT2D eigenvalue weighted by molar-refractivity contribution is 5.71. The standard InChI is InChI=1S/C12H11N5/c1-8-3-2-4-10(9(8)7-13)17-12-11(14)15-5-6-16-12/h2-6H,1H3,(H2,14,15)(H,16,17). The second kappa shape index (κ2) is 4.49. The van der Waals surface area contributed by atoms with Gasteiger partial charge in [-0.1, -0.05) is 12.1 Å². The highest BCUT2D eigenvalue weighted by atomic mass is 15.1. The smallest absolute Gasteiger partial charge is 0.173 e. The number of aryl methyl sites for hydroxylation is 1. The molecule has 17 heavy (non-hydrogen) atoms. The molecule has 0 saturated heterocycles. The van der Waals surface area contributed by atoms with Gasteiger partial charge in [0.15, 0.2) is 11.6 Å². The fourth-order valence-corrected chi connectivity index (χ4v) is 1.49. The van der Waals surface area contributed by atoms with E-state index in [2.05, 4.69) is 21.4 Å². The van der Waals surface area contributed by atoms with E-state index in [0.717, 1.165) is 5.56 Å². The van der Waals surface area contributed by atoms with Gasteiger partial charge in [0.2, 0.25) is 0 Å². The van der Waals surface area contributed by atoms with Crippen molar-refractivity contribution in [3.05, 3.63) is 41.7 Å². The number of aromatic nitrogens is 2. The summed E-state index contributed by atoms with van der Waals surface area (Å²) in [7, 11) is 0. The van der Waals surface area contributed by atoms with Crippen molar-refractivity contribution in [2.24, 2.45) is 0 Å². The Kier molecular flexibility index (Phi) is 2.88. The molecule has 5 heteroatoms. The molecule has 1 aromatic heterocycles. The average Bonchev–Trinajstić information content (AvgIpc) is 2.32. The summed E-state index contributed by atoms with van der Waals surface area (Å²) in [4.78, 5) is 7.99. The van der Waals surface area contributed by atoms with Gasteiger partial charge in [0.05, 0.1) is 11.3 Å². The Morgan fingerprint density at radius 2 is 2.06 bits per heavy atom. The number of benzene rings is 1. The van der Waals surface area contributed by atoms with Crippen molar-refractivity contribution in [3.63, 3.8) is 0 Å². The first-order chi connectivity index (χ1) is 8.22. The number of hydrogen-bond acceptors (Lipinski definition) is 5. The van der Waals surface area contributed by atoms with Gasteiger partial charge >= 0.3 is 0 Å². The normalized spacial score (nSPS) is 9.65. The van der Waals surface area contributed by atoms with Crippen LogP contribution in [0.3, 0.4) is 0 Å². The van der Waals surface area contributed by atoms with Crippen molar-refractivity contribution in [1.82, 2.24) is 9.97 Å². The van der Waals surface area contributed by atoms with Crippen molar-refractivity contribution in [1.29, 1.82) is 5.26 Å². The Labute approximate surface area is 98.9 Å². The molecule has 2 aromatic rings. The molecular weight excluding hydrogens is 214 g/mol. The Balaban J connectivity index is 2.41. The van der Waals surface area contributed by atoms with Crippen LogP contribution in [0.15, 0.2) is 30.6 Å². The summed E-state index contributed by atoms with van der Waals surface area (Å²) in [6.07, 6.45) is 3.06. The Hall–Kier alpha value is -2.61. The molecule has 2 rings (SSSR count). The minimum Gasteiger partial charge on any atom is -0.381 e. The van der Waals surface area contributed by atoms with Crippen LogP contribution in [-0.2, 0) is 0 Å². The van der Waals surface area contributed by atoms with Crippen molar-refractivity contribution in [2.45, 2.75) is 6.92 Å². The predicted octanol–water partition coefficient (Wildman–Crippen LogP) is 1.98. The summed E-state index contributed by atoms with van der Waals surface area (Å²) in [5, 5.41) is 12.1. The van der Waals surface area contributed by atoms with Gasteiger partial charge in [0, 0.05) is 12.4 Å². The van der Waals surface area contributed by atoms with Crippen LogP contribution >= 0.6 is 0 Å². The van der Waals surface area contributed by atoms with Gasteiger partial charge in [-0.05, 0) is 18.6 Å². The molecule has 0 radical (unpaired) electrons. The second-order valence-electron chi connectivity index (χ2n) is 3.52. The van der Waals surface area contributed by atoms with Crippen LogP contribution < -0.4 is 11.1 Å². The quantitative estimate of drug-likeness (QED) is 0.815. The summed E-state index contributed by atoms with van der Waals surface area (Å²) in [6, 6.07) is 7.70. The van der Waals surface area contributed by atoms with Gasteiger partial charge in [-0.25, -0.2) is 9.97 Å². The zero-order valence-corrected chi connectivity index (χ0v) is 9.31. The summed E-state index contributed by atoms with van der Waals surface area (Å²) in [5.74, 6) is 0.757. The largest absolute Gasteiger partial charge is 0.381 e. The van der Waals surface area contributed by atoms with E-state index in [1.807, 2.05) is 19.1 Å². The van der Waals surface area contributed by atoms with Crippen LogP contribution in [0.1, 0.15) is 11.1 Å². The lowest BCUT2D eigenvalue weighted by Gasteiger charge is -2.09. The Bertz CT molecular complexity index is 586. The second-order valence-corrected chi connectivity index (χ2v) is 3.52. The fraction of sp³-hybridized carbons (Fsp3) is 0.0833. The first kappa shape index (κ1) is 10.9. The molecule has 5 nitrogen and oxygen atoms in total. The van der Waals surface area contributed by atoms with Gasteiger partial charge in [0.25, 0.3) is 0 Å². The molecule has 0 aliphatic heterocycles. The van der Waals surface area contributed by atoms with Crippen molar-refractivity contribution >= 4 is 17.3 Å². The Morgan fingerprint density at radius 1 is 1.29 bits per heavy atom. The van der Waals surface area contributed by atoms with E-state index in [4.69, 9.17) is 11.0 Å². The summed E-state index contributed by atoms with van der Waals surface area (Å²) < 4.78 is 0. The van der Waals surface area contributed by atoms with Crippen LogP contribution in [0.25, 0.3) is 0 Å². The van der Waals surface area contributed by atoms with Crippen LogP contribution in [0, 0.1) is 18.3 Å². The molecule has 0 aliphatic carbocycles. The number of nitrogens with one attached hydrogen (secondary N) is 1. The molecule has 0 aliphatic rings. The number of nitriles is 1. The van der Waals surface area contributed by atoms with E-state index < -0.39 is 0 Å². The first-order valence-corrected chi connectivity index (χ1v) is 5.05. The molecule has 0 amide bonds. The predicted molar refractivity (Wildman–Crippen MR) is 65.6 cm³/mol. The monoisotopic (exact) mass is 225 g/mol. The molecule has 1 aromatic carbocycles. The van der Waals surface area contributed by atoms with Crippen molar-refractivity contribution in [2.75, 3.05) is 11.1 Å².